The molecule has 0 N–H and O–H groups in total. The third-order valence-electron chi connectivity index (χ3n) is 2.90. The van der Waals surface area contributed by atoms with Gasteiger partial charge >= 0.3 is 5.97 Å². The predicted molar refractivity (Wildman–Crippen MR) is 83.9 cm³/mol. The van der Waals surface area contributed by atoms with E-state index in [0.29, 0.717) is 6.42 Å². The maximum absolute atomic E-state index is 11.8. The van der Waals surface area contributed by atoms with Crippen LogP contribution in [0.2, 0.25) is 0 Å². The van der Waals surface area contributed by atoms with Crippen LogP contribution in [0.25, 0.3) is 0 Å². The summed E-state index contributed by atoms with van der Waals surface area (Å²) >= 11 is 0. The van der Waals surface area contributed by atoms with Crippen LogP contribution in [-0.4, -0.2) is 23.8 Å². The monoisotopic (exact) mass is 307 g/mol. The van der Waals surface area contributed by atoms with Crippen LogP contribution in [0.5, 0.6) is 0 Å². The quantitative estimate of drug-likeness (QED) is 0.333. The Hall–Kier alpha value is -2.50. The number of hydrogen-bond acceptors (Lipinski definition) is 5. The normalized spacial score (nSPS) is 9.36. The Bertz CT molecular complexity index is 539. The standard InChI is InChI=1S/C14H17NO5.C2H4/c1-3-4-7-11(16)9-10-6-5-8-12(14(17)20-2)13(10)15(18)19;1-2/h5-6,8H,3-4,7,9H2,1-2H3;1-2H2. The molecule has 0 fully saturated rings. The number of nitro benzene ring substituents is 1. The van der Waals surface area contributed by atoms with E-state index in [9.17, 15) is 19.7 Å². The Kier molecular flexibility index (Phi) is 9.09. The molecular formula is C16H21NO5. The van der Waals surface area contributed by atoms with E-state index in [2.05, 4.69) is 17.9 Å². The van der Waals surface area contributed by atoms with E-state index in [0.717, 1.165) is 20.0 Å². The summed E-state index contributed by atoms with van der Waals surface area (Å²) in [7, 11) is 1.16. The van der Waals surface area contributed by atoms with Gasteiger partial charge in [0.1, 0.15) is 11.3 Å². The zero-order valence-electron chi connectivity index (χ0n) is 13.0. The number of ether oxygens (including phenoxy) is 1. The van der Waals surface area contributed by atoms with Gasteiger partial charge in [-0.1, -0.05) is 25.5 Å². The highest BCUT2D eigenvalue weighted by atomic mass is 16.6. The number of hydrogen-bond donors (Lipinski definition) is 0. The largest absolute Gasteiger partial charge is 0.465 e. The van der Waals surface area contributed by atoms with Crippen LogP contribution in [0.1, 0.15) is 42.1 Å². The van der Waals surface area contributed by atoms with Crippen molar-refractivity contribution < 1.29 is 19.2 Å². The van der Waals surface area contributed by atoms with E-state index < -0.39 is 10.9 Å². The first-order valence-electron chi connectivity index (χ1n) is 6.87. The van der Waals surface area contributed by atoms with Gasteiger partial charge < -0.3 is 4.74 Å². The van der Waals surface area contributed by atoms with Gasteiger partial charge in [-0.15, -0.1) is 13.2 Å². The number of unbranched alkanes of at least 4 members (excludes halogenated alkanes) is 1. The first-order chi connectivity index (χ1) is 10.5. The fraction of sp³-hybridized carbons (Fsp3) is 0.375. The number of para-hydroxylation sites is 1. The minimum Gasteiger partial charge on any atom is -0.465 e. The second-order valence-electron chi connectivity index (χ2n) is 4.38. The van der Waals surface area contributed by atoms with Crippen molar-refractivity contribution in [1.29, 1.82) is 0 Å². The van der Waals surface area contributed by atoms with Crippen molar-refractivity contribution in [2.24, 2.45) is 0 Å². The summed E-state index contributed by atoms with van der Waals surface area (Å²) in [6.45, 7) is 7.97. The Morgan fingerprint density at radius 1 is 1.32 bits per heavy atom. The number of esters is 1. The molecule has 0 heterocycles. The van der Waals surface area contributed by atoms with Gasteiger partial charge in [-0.05, 0) is 12.5 Å². The van der Waals surface area contributed by atoms with E-state index in [4.69, 9.17) is 0 Å². The Labute approximate surface area is 129 Å². The van der Waals surface area contributed by atoms with Crippen molar-refractivity contribution in [1.82, 2.24) is 0 Å². The minimum absolute atomic E-state index is 0.0405. The average molecular weight is 307 g/mol. The highest BCUT2D eigenvalue weighted by molar-refractivity contribution is 5.95. The van der Waals surface area contributed by atoms with Crippen molar-refractivity contribution >= 4 is 17.4 Å². The molecule has 0 bridgehead atoms. The van der Waals surface area contributed by atoms with Crippen molar-refractivity contribution in [2.45, 2.75) is 32.6 Å². The van der Waals surface area contributed by atoms with Crippen LogP contribution in [0, 0.1) is 10.1 Å². The van der Waals surface area contributed by atoms with E-state index in [1.165, 1.54) is 18.2 Å². The lowest BCUT2D eigenvalue weighted by Crippen LogP contribution is -2.10. The van der Waals surface area contributed by atoms with Crippen LogP contribution >= 0.6 is 0 Å². The fourth-order valence-electron chi connectivity index (χ4n) is 1.90. The molecule has 1 rings (SSSR count). The van der Waals surface area contributed by atoms with Crippen LogP contribution in [0.3, 0.4) is 0 Å². The third-order valence-corrected chi connectivity index (χ3v) is 2.90. The maximum Gasteiger partial charge on any atom is 0.344 e. The number of carbonyl (C=O) groups excluding carboxylic acids is 2. The van der Waals surface area contributed by atoms with E-state index in [1.807, 2.05) is 6.92 Å². The second kappa shape index (κ2) is 10.3. The zero-order valence-corrected chi connectivity index (χ0v) is 13.0. The third kappa shape index (κ3) is 5.47. The number of ketones is 1. The molecule has 1 aromatic carbocycles. The minimum atomic E-state index is -0.778. The first kappa shape index (κ1) is 19.5. The molecule has 0 saturated carbocycles. The van der Waals surface area contributed by atoms with E-state index >= 15 is 0 Å². The Morgan fingerprint density at radius 3 is 2.45 bits per heavy atom. The molecule has 0 aliphatic rings. The summed E-state index contributed by atoms with van der Waals surface area (Å²) in [6.07, 6.45) is 1.98. The van der Waals surface area contributed by atoms with Gasteiger partial charge in [0.2, 0.25) is 0 Å². The van der Waals surface area contributed by atoms with Crippen LogP contribution in [0.4, 0.5) is 5.69 Å². The number of benzene rings is 1. The van der Waals surface area contributed by atoms with Crippen molar-refractivity contribution in [3.05, 3.63) is 52.6 Å². The van der Waals surface area contributed by atoms with Crippen LogP contribution < -0.4 is 0 Å². The van der Waals surface area contributed by atoms with Gasteiger partial charge in [-0.25, -0.2) is 4.79 Å². The molecule has 0 atom stereocenters. The fourth-order valence-corrected chi connectivity index (χ4v) is 1.90. The lowest BCUT2D eigenvalue weighted by atomic mass is 10.0. The predicted octanol–water partition coefficient (Wildman–Crippen LogP) is 3.49. The Morgan fingerprint density at radius 2 is 1.95 bits per heavy atom. The summed E-state index contributed by atoms with van der Waals surface area (Å²) in [5.74, 6) is -0.850. The molecule has 0 spiro atoms. The molecule has 6 nitrogen and oxygen atoms in total. The van der Waals surface area contributed by atoms with Gasteiger partial charge in [0, 0.05) is 18.4 Å². The number of Topliss-reactive ketones (excluding diaryl/α,β-unsaturated/α-hetero) is 1. The van der Waals surface area contributed by atoms with Crippen molar-refractivity contribution in [2.75, 3.05) is 7.11 Å². The molecule has 0 saturated heterocycles. The number of rotatable bonds is 7. The molecule has 120 valence electrons. The molecule has 6 heteroatoms. The number of carbonyl (C=O) groups is 2. The second-order valence-corrected chi connectivity index (χ2v) is 4.38. The molecule has 0 radical (unpaired) electrons. The van der Waals surface area contributed by atoms with Crippen LogP contribution in [0.15, 0.2) is 31.4 Å². The smallest absolute Gasteiger partial charge is 0.344 e. The summed E-state index contributed by atoms with van der Waals surface area (Å²) in [5, 5.41) is 11.1. The maximum atomic E-state index is 11.8. The SMILES string of the molecule is C=C.CCCCC(=O)Cc1cccc(C(=O)OC)c1[N+](=O)[O-]. The summed E-state index contributed by atoms with van der Waals surface area (Å²) < 4.78 is 4.52. The van der Waals surface area contributed by atoms with Crippen molar-refractivity contribution in [3.63, 3.8) is 0 Å². The van der Waals surface area contributed by atoms with Gasteiger partial charge in [0.25, 0.3) is 5.69 Å². The average Bonchev–Trinajstić information content (AvgIpc) is 2.53. The molecule has 0 aliphatic heterocycles. The van der Waals surface area contributed by atoms with Gasteiger partial charge in [-0.3, -0.25) is 14.9 Å². The molecule has 1 aromatic rings. The summed E-state index contributed by atoms with van der Waals surface area (Å²) in [5.41, 5.74) is -0.221. The van der Waals surface area contributed by atoms with E-state index in [1.54, 1.807) is 0 Å². The highest BCUT2D eigenvalue weighted by Gasteiger charge is 2.25. The molecule has 0 unspecified atom stereocenters. The summed E-state index contributed by atoms with van der Waals surface area (Å²) in [6, 6.07) is 4.33. The van der Waals surface area contributed by atoms with Gasteiger partial charge in [0.05, 0.1) is 12.0 Å². The summed E-state index contributed by atoms with van der Waals surface area (Å²) in [4.78, 5) is 33.8. The molecule has 0 aromatic heterocycles. The number of methoxy groups -OCH3 is 1. The van der Waals surface area contributed by atoms with Crippen molar-refractivity contribution in [3.8, 4) is 0 Å². The van der Waals surface area contributed by atoms with Crippen LogP contribution in [-0.2, 0) is 16.0 Å². The molecule has 0 aliphatic carbocycles. The lowest BCUT2D eigenvalue weighted by molar-refractivity contribution is -0.385. The molecule has 22 heavy (non-hydrogen) atoms. The molecule has 0 amide bonds. The highest BCUT2D eigenvalue weighted by Crippen LogP contribution is 2.25. The zero-order chi connectivity index (χ0) is 17.1. The lowest BCUT2D eigenvalue weighted by Gasteiger charge is -2.06. The number of nitrogens with zero attached hydrogens (tertiary/aromatic N) is 1. The van der Waals surface area contributed by atoms with Gasteiger partial charge in [0.15, 0.2) is 0 Å². The Balaban J connectivity index is 0.00000211. The van der Waals surface area contributed by atoms with E-state index in [-0.39, 0.29) is 29.0 Å². The van der Waals surface area contributed by atoms with Gasteiger partial charge in [-0.2, -0.15) is 0 Å². The topological polar surface area (TPSA) is 86.5 Å². The number of nitro groups is 1. The molecular weight excluding hydrogens is 286 g/mol. The first-order valence-corrected chi connectivity index (χ1v) is 6.87.